The number of ketones is 2. The molecule has 2 N–H and O–H groups in total. The summed E-state index contributed by atoms with van der Waals surface area (Å²) in [5.74, 6) is 0.410. The molecule has 202 valence electrons. The molecular weight excluding hydrogens is 452 g/mol. The third kappa shape index (κ3) is 8.70. The number of Topliss-reactive ketones (excluding diaryl/α,β-unsaturated/α-hetero) is 2. The second kappa shape index (κ2) is 13.3. The molecule has 0 heterocycles. The summed E-state index contributed by atoms with van der Waals surface area (Å²) in [7, 11) is 0. The predicted molar refractivity (Wildman–Crippen MR) is 148 cm³/mol. The molecule has 6 nitrogen and oxygen atoms in total. The molecule has 0 spiro atoms. The van der Waals surface area contributed by atoms with Crippen LogP contribution in [-0.4, -0.2) is 46.3 Å². The van der Waals surface area contributed by atoms with E-state index < -0.39 is 0 Å². The van der Waals surface area contributed by atoms with E-state index in [0.29, 0.717) is 49.9 Å². The van der Waals surface area contributed by atoms with Crippen LogP contribution in [-0.2, 0) is 9.59 Å². The Balaban J connectivity index is 1.92. The fraction of sp³-hybridized carbons (Fsp3) is 0.733. The van der Waals surface area contributed by atoms with Crippen molar-refractivity contribution in [3.05, 3.63) is 22.7 Å². The Hall–Kier alpha value is -2.24. The van der Waals surface area contributed by atoms with Crippen molar-refractivity contribution < 1.29 is 19.8 Å². The molecule has 2 aliphatic carbocycles. The van der Waals surface area contributed by atoms with Crippen LogP contribution in [0.3, 0.4) is 0 Å². The number of carbonyl (C=O) groups is 2. The monoisotopic (exact) mass is 500 g/mol. The van der Waals surface area contributed by atoms with Crippen molar-refractivity contribution in [3.8, 4) is 0 Å². The highest BCUT2D eigenvalue weighted by Crippen LogP contribution is 2.37. The first-order valence-electron chi connectivity index (χ1n) is 13.9. The Labute approximate surface area is 218 Å². The molecule has 0 aliphatic heterocycles. The number of carbonyl (C=O) groups excluding carboxylic acids is 2. The highest BCUT2D eigenvalue weighted by atomic mass is 16.3. The summed E-state index contributed by atoms with van der Waals surface area (Å²) in [5.41, 5.74) is 2.21. The van der Waals surface area contributed by atoms with E-state index in [1.165, 1.54) is 0 Å². The zero-order valence-electron chi connectivity index (χ0n) is 23.5. The number of hydrogen-bond donors (Lipinski definition) is 2. The van der Waals surface area contributed by atoms with E-state index in [-0.39, 0.29) is 33.9 Å². The number of allylic oxidation sites excluding steroid dienone is 4. The van der Waals surface area contributed by atoms with Gasteiger partial charge in [-0.05, 0) is 49.4 Å². The minimum Gasteiger partial charge on any atom is -0.511 e. The van der Waals surface area contributed by atoms with E-state index in [1.807, 2.05) is 13.8 Å². The van der Waals surface area contributed by atoms with Crippen LogP contribution in [0.2, 0.25) is 0 Å². The highest BCUT2D eigenvalue weighted by molar-refractivity contribution is 6.25. The summed E-state index contributed by atoms with van der Waals surface area (Å²) in [6.45, 7) is 13.6. The summed E-state index contributed by atoms with van der Waals surface area (Å²) >= 11 is 0. The number of aliphatic imine (C=N–C) groups is 2. The molecule has 0 amide bonds. The molecule has 0 atom stereocenters. The van der Waals surface area contributed by atoms with Gasteiger partial charge in [-0.25, -0.2) is 0 Å². The van der Waals surface area contributed by atoms with Crippen LogP contribution in [0.25, 0.3) is 0 Å². The summed E-state index contributed by atoms with van der Waals surface area (Å²) in [6.07, 6.45) is 8.81. The molecule has 0 saturated heterocycles. The molecule has 0 aromatic heterocycles. The lowest BCUT2D eigenvalue weighted by atomic mass is 9.73. The molecule has 2 saturated carbocycles. The average Bonchev–Trinajstić information content (AvgIpc) is 2.73. The highest BCUT2D eigenvalue weighted by Gasteiger charge is 2.37. The summed E-state index contributed by atoms with van der Waals surface area (Å²) in [5, 5.41) is 20.9. The maximum atomic E-state index is 12.7. The Morgan fingerprint density at radius 2 is 1.03 bits per heavy atom. The van der Waals surface area contributed by atoms with Crippen molar-refractivity contribution in [2.75, 3.05) is 13.1 Å². The molecule has 36 heavy (non-hydrogen) atoms. The van der Waals surface area contributed by atoms with E-state index in [4.69, 9.17) is 9.98 Å². The van der Waals surface area contributed by atoms with Crippen molar-refractivity contribution in [2.45, 2.75) is 119 Å². The van der Waals surface area contributed by atoms with Crippen LogP contribution in [0.15, 0.2) is 32.6 Å². The van der Waals surface area contributed by atoms with Crippen LogP contribution >= 0.6 is 0 Å². The molecule has 6 heteroatoms. The molecule has 2 aliphatic rings. The first-order chi connectivity index (χ1) is 16.9. The SMILES string of the molecule is CCC/C(O)=C1/C(=O)CC(C)(C)CC1=NCCCCCCN=C1CC(C)(C)CC(=O)/C1=C(/O)CCC. The third-order valence-electron chi connectivity index (χ3n) is 6.93. The van der Waals surface area contributed by atoms with E-state index in [1.54, 1.807) is 0 Å². The van der Waals surface area contributed by atoms with E-state index in [0.717, 1.165) is 62.8 Å². The van der Waals surface area contributed by atoms with Gasteiger partial charge in [0.25, 0.3) is 0 Å². The van der Waals surface area contributed by atoms with Gasteiger partial charge in [0.2, 0.25) is 0 Å². The summed E-state index contributed by atoms with van der Waals surface area (Å²) < 4.78 is 0. The average molecular weight is 501 g/mol. The zero-order valence-corrected chi connectivity index (χ0v) is 23.5. The second-order valence-electron chi connectivity index (χ2n) is 12.1. The molecule has 0 aromatic rings. The van der Waals surface area contributed by atoms with Crippen LogP contribution in [0.1, 0.15) is 119 Å². The second-order valence-corrected chi connectivity index (χ2v) is 12.1. The number of aliphatic hydroxyl groups excluding tert-OH is 2. The molecule has 2 rings (SSSR count). The lowest BCUT2D eigenvalue weighted by Crippen LogP contribution is -2.33. The first-order valence-corrected chi connectivity index (χ1v) is 13.9. The van der Waals surface area contributed by atoms with Gasteiger partial charge in [0.05, 0.1) is 11.1 Å². The Morgan fingerprint density at radius 3 is 1.36 bits per heavy atom. The van der Waals surface area contributed by atoms with E-state index >= 15 is 0 Å². The van der Waals surface area contributed by atoms with Crippen molar-refractivity contribution >= 4 is 23.0 Å². The predicted octanol–water partition coefficient (Wildman–Crippen LogP) is 7.43. The van der Waals surface area contributed by atoms with Crippen LogP contribution in [0.5, 0.6) is 0 Å². The van der Waals surface area contributed by atoms with Crippen molar-refractivity contribution in [2.24, 2.45) is 20.8 Å². The Kier molecular flexibility index (Phi) is 11.1. The molecule has 2 fully saturated rings. The van der Waals surface area contributed by atoms with Crippen molar-refractivity contribution in [3.63, 3.8) is 0 Å². The quantitative estimate of drug-likeness (QED) is 0.175. The van der Waals surface area contributed by atoms with Crippen LogP contribution < -0.4 is 0 Å². The normalized spacial score (nSPS) is 24.9. The minimum absolute atomic E-state index is 0.0119. The van der Waals surface area contributed by atoms with Crippen molar-refractivity contribution in [1.29, 1.82) is 0 Å². The molecule has 0 bridgehead atoms. The summed E-state index contributed by atoms with van der Waals surface area (Å²) in [6, 6.07) is 0. The first kappa shape index (κ1) is 30.0. The van der Waals surface area contributed by atoms with Gasteiger partial charge in [0.15, 0.2) is 11.6 Å². The molecule has 0 unspecified atom stereocenters. The lowest BCUT2D eigenvalue weighted by Gasteiger charge is -2.31. The standard InChI is InChI=1S/C30H48N2O4/c1-7-13-23(33)27-21(17-29(3,4)19-25(27)35)31-15-11-9-10-12-16-32-22-18-30(5,6)20-26(36)28(22)24(34)14-8-2/h33-34H,7-20H2,1-6H3/b27-23-,28-24+,31-21?,32-22?. The van der Waals surface area contributed by atoms with E-state index in [2.05, 4.69) is 27.7 Å². The molecular formula is C30H48N2O4. The smallest absolute Gasteiger partial charge is 0.168 e. The molecule has 0 aromatic carbocycles. The number of rotatable bonds is 11. The Bertz CT molecular complexity index is 859. The van der Waals surface area contributed by atoms with Crippen molar-refractivity contribution in [1.82, 2.24) is 0 Å². The summed E-state index contributed by atoms with van der Waals surface area (Å²) in [4.78, 5) is 34.9. The zero-order chi connectivity index (χ0) is 26.9. The van der Waals surface area contributed by atoms with Gasteiger partial charge in [-0.15, -0.1) is 0 Å². The number of nitrogens with zero attached hydrogens (tertiary/aromatic N) is 2. The fourth-order valence-electron chi connectivity index (χ4n) is 5.23. The largest absolute Gasteiger partial charge is 0.511 e. The van der Waals surface area contributed by atoms with Gasteiger partial charge < -0.3 is 10.2 Å². The van der Waals surface area contributed by atoms with E-state index in [9.17, 15) is 19.8 Å². The van der Waals surface area contributed by atoms with Crippen LogP contribution in [0.4, 0.5) is 0 Å². The number of unbranched alkanes of at least 4 members (excludes halogenated alkanes) is 3. The van der Waals surface area contributed by atoms with Gasteiger partial charge in [0.1, 0.15) is 11.5 Å². The maximum absolute atomic E-state index is 12.7. The fourth-order valence-corrected chi connectivity index (χ4v) is 5.23. The number of aliphatic hydroxyl groups is 2. The van der Waals surface area contributed by atoms with Gasteiger partial charge in [0, 0.05) is 50.2 Å². The Morgan fingerprint density at radius 1 is 0.667 bits per heavy atom. The molecule has 0 radical (unpaired) electrons. The maximum Gasteiger partial charge on any atom is 0.168 e. The minimum atomic E-state index is -0.126. The lowest BCUT2D eigenvalue weighted by molar-refractivity contribution is -0.118. The van der Waals surface area contributed by atoms with Crippen LogP contribution in [0, 0.1) is 10.8 Å². The van der Waals surface area contributed by atoms with Gasteiger partial charge in [-0.1, -0.05) is 54.4 Å². The third-order valence-corrected chi connectivity index (χ3v) is 6.93. The topological polar surface area (TPSA) is 99.3 Å². The number of hydrogen-bond acceptors (Lipinski definition) is 6. The van der Waals surface area contributed by atoms with Gasteiger partial charge in [-0.3, -0.25) is 19.6 Å². The van der Waals surface area contributed by atoms with Gasteiger partial charge >= 0.3 is 0 Å². The van der Waals surface area contributed by atoms with Gasteiger partial charge in [-0.2, -0.15) is 0 Å².